The van der Waals surface area contributed by atoms with Crippen molar-refractivity contribution < 1.29 is 14.3 Å². The molecule has 2 N–H and O–H groups in total. The van der Waals surface area contributed by atoms with E-state index in [0.29, 0.717) is 35.4 Å². The quantitative estimate of drug-likeness (QED) is 0.689. The van der Waals surface area contributed by atoms with Crippen molar-refractivity contribution in [1.82, 2.24) is 15.3 Å². The monoisotopic (exact) mass is 398 g/mol. The van der Waals surface area contributed by atoms with Crippen molar-refractivity contribution in [2.75, 3.05) is 19.5 Å². The molecule has 7 nitrogen and oxygen atoms in total. The second-order valence-electron chi connectivity index (χ2n) is 7.39. The van der Waals surface area contributed by atoms with Gasteiger partial charge in [-0.15, -0.1) is 0 Å². The molecular weight excluding hydrogens is 368 g/mol. The number of carbonyl (C=O) groups is 1. The Morgan fingerprint density at radius 1 is 1.03 bits per heavy atom. The zero-order valence-corrected chi connectivity index (χ0v) is 17.5. The lowest BCUT2D eigenvalue weighted by molar-refractivity contribution is 0.0928. The minimum absolute atomic E-state index is 0.128. The van der Waals surface area contributed by atoms with Gasteiger partial charge < -0.3 is 20.1 Å². The van der Waals surface area contributed by atoms with Gasteiger partial charge in [-0.2, -0.15) is 0 Å². The van der Waals surface area contributed by atoms with Gasteiger partial charge >= 0.3 is 0 Å². The molecule has 29 heavy (non-hydrogen) atoms. The molecule has 0 radical (unpaired) electrons. The number of nitrogens with one attached hydrogen (secondary N) is 2. The van der Waals surface area contributed by atoms with Crippen LogP contribution in [0.15, 0.2) is 24.3 Å². The Morgan fingerprint density at radius 3 is 2.45 bits per heavy atom. The van der Waals surface area contributed by atoms with E-state index in [1.54, 1.807) is 27.2 Å². The third-order valence-corrected chi connectivity index (χ3v) is 5.18. The van der Waals surface area contributed by atoms with Crippen LogP contribution in [0.3, 0.4) is 0 Å². The summed E-state index contributed by atoms with van der Waals surface area (Å²) in [6.45, 7) is 2.34. The van der Waals surface area contributed by atoms with Crippen LogP contribution in [0.25, 0.3) is 0 Å². The number of nitrogens with zero attached hydrogens (tertiary/aromatic N) is 2. The minimum atomic E-state index is -0.128. The first kappa shape index (κ1) is 20.9. The number of carbonyl (C=O) groups excluding carboxylic acids is 1. The van der Waals surface area contributed by atoms with E-state index in [9.17, 15) is 4.79 Å². The molecule has 1 saturated carbocycles. The normalized spacial score (nSPS) is 14.7. The molecule has 0 saturated heterocycles. The average molecular weight is 399 g/mol. The second kappa shape index (κ2) is 10.1. The molecule has 3 rings (SSSR count). The van der Waals surface area contributed by atoms with Crippen LogP contribution in [-0.2, 0) is 6.54 Å². The Kier molecular flexibility index (Phi) is 7.27. The van der Waals surface area contributed by atoms with Gasteiger partial charge in [-0.1, -0.05) is 31.7 Å². The fourth-order valence-corrected chi connectivity index (χ4v) is 3.64. The number of hydrogen-bond donors (Lipinski definition) is 2. The van der Waals surface area contributed by atoms with Crippen molar-refractivity contribution in [2.24, 2.45) is 0 Å². The fourth-order valence-electron chi connectivity index (χ4n) is 3.64. The lowest BCUT2D eigenvalue weighted by Crippen LogP contribution is -2.35. The Balaban J connectivity index is 1.66. The average Bonchev–Trinajstić information content (AvgIpc) is 3.00. The summed E-state index contributed by atoms with van der Waals surface area (Å²) in [6, 6.07) is 7.69. The van der Waals surface area contributed by atoms with E-state index in [1.807, 2.05) is 18.2 Å². The SMILES string of the molecule is COc1ccc(CNc2cc(C(=O)NC3CCCCCC3)nc(C)n2)cc1OC. The van der Waals surface area contributed by atoms with Crippen molar-refractivity contribution in [3.8, 4) is 11.5 Å². The standard InChI is InChI=1S/C22H30N4O3/c1-15-24-18(22(27)26-17-8-6-4-5-7-9-17)13-21(25-15)23-14-16-10-11-19(28-2)20(12-16)29-3/h10-13,17H,4-9,14H2,1-3H3,(H,26,27)(H,23,24,25). The van der Waals surface area contributed by atoms with Gasteiger partial charge in [0.2, 0.25) is 0 Å². The number of aromatic nitrogens is 2. The maximum Gasteiger partial charge on any atom is 0.270 e. The minimum Gasteiger partial charge on any atom is -0.493 e. The zero-order valence-electron chi connectivity index (χ0n) is 17.5. The van der Waals surface area contributed by atoms with Gasteiger partial charge in [0, 0.05) is 18.7 Å². The third kappa shape index (κ3) is 5.82. The smallest absolute Gasteiger partial charge is 0.270 e. The highest BCUT2D eigenvalue weighted by Gasteiger charge is 2.17. The molecule has 1 aliphatic carbocycles. The van der Waals surface area contributed by atoms with Gasteiger partial charge in [-0.3, -0.25) is 4.79 Å². The van der Waals surface area contributed by atoms with E-state index in [2.05, 4.69) is 20.6 Å². The maximum atomic E-state index is 12.7. The third-order valence-electron chi connectivity index (χ3n) is 5.18. The number of rotatable bonds is 7. The van der Waals surface area contributed by atoms with Crippen molar-refractivity contribution in [3.63, 3.8) is 0 Å². The molecule has 1 aromatic heterocycles. The molecule has 0 spiro atoms. The maximum absolute atomic E-state index is 12.7. The number of hydrogen-bond acceptors (Lipinski definition) is 6. The summed E-state index contributed by atoms with van der Waals surface area (Å²) in [4.78, 5) is 21.4. The molecule has 1 fully saturated rings. The summed E-state index contributed by atoms with van der Waals surface area (Å²) in [6.07, 6.45) is 6.94. The molecule has 1 heterocycles. The van der Waals surface area contributed by atoms with Gasteiger partial charge in [0.05, 0.1) is 14.2 Å². The van der Waals surface area contributed by atoms with Crippen LogP contribution in [0.1, 0.15) is 60.4 Å². The molecule has 0 unspecified atom stereocenters. The fraction of sp³-hybridized carbons (Fsp3) is 0.500. The number of benzene rings is 1. The van der Waals surface area contributed by atoms with Crippen molar-refractivity contribution in [2.45, 2.75) is 58.0 Å². The largest absolute Gasteiger partial charge is 0.493 e. The molecule has 1 aliphatic rings. The van der Waals surface area contributed by atoms with E-state index in [-0.39, 0.29) is 11.9 Å². The van der Waals surface area contributed by atoms with Crippen molar-refractivity contribution in [1.29, 1.82) is 0 Å². The van der Waals surface area contributed by atoms with Crippen molar-refractivity contribution in [3.05, 3.63) is 41.3 Å². The number of methoxy groups -OCH3 is 2. The molecule has 0 aliphatic heterocycles. The van der Waals surface area contributed by atoms with Crippen LogP contribution in [0.5, 0.6) is 11.5 Å². The molecule has 0 bridgehead atoms. The van der Waals surface area contributed by atoms with Gasteiger partial charge in [-0.25, -0.2) is 9.97 Å². The predicted molar refractivity (Wildman–Crippen MR) is 113 cm³/mol. The zero-order chi connectivity index (χ0) is 20.6. The van der Waals surface area contributed by atoms with E-state index in [1.165, 1.54) is 25.7 Å². The summed E-state index contributed by atoms with van der Waals surface area (Å²) in [7, 11) is 3.23. The number of anilines is 1. The first-order valence-electron chi connectivity index (χ1n) is 10.2. The Morgan fingerprint density at radius 2 is 1.76 bits per heavy atom. The molecular formula is C22H30N4O3. The van der Waals surface area contributed by atoms with E-state index in [0.717, 1.165) is 18.4 Å². The Labute approximate surface area is 172 Å². The van der Waals surface area contributed by atoms with Gasteiger partial charge in [0.15, 0.2) is 11.5 Å². The van der Waals surface area contributed by atoms with Crippen LogP contribution in [0.4, 0.5) is 5.82 Å². The molecule has 7 heteroatoms. The molecule has 2 aromatic rings. The highest BCUT2D eigenvalue weighted by Crippen LogP contribution is 2.27. The number of amides is 1. The lowest BCUT2D eigenvalue weighted by Gasteiger charge is -2.16. The number of aryl methyl sites for hydroxylation is 1. The Hall–Kier alpha value is -2.83. The van der Waals surface area contributed by atoms with Crippen molar-refractivity contribution >= 4 is 11.7 Å². The number of ether oxygens (including phenoxy) is 2. The van der Waals surface area contributed by atoms with E-state index in [4.69, 9.17) is 9.47 Å². The highest BCUT2D eigenvalue weighted by molar-refractivity contribution is 5.93. The van der Waals surface area contributed by atoms with Gasteiger partial charge in [0.1, 0.15) is 17.3 Å². The highest BCUT2D eigenvalue weighted by atomic mass is 16.5. The molecule has 0 atom stereocenters. The van der Waals surface area contributed by atoms with Crippen LogP contribution in [0.2, 0.25) is 0 Å². The second-order valence-corrected chi connectivity index (χ2v) is 7.39. The van der Waals surface area contributed by atoms with Crippen LogP contribution in [0, 0.1) is 6.92 Å². The summed E-state index contributed by atoms with van der Waals surface area (Å²) in [5.74, 6) is 2.42. The molecule has 156 valence electrons. The summed E-state index contributed by atoms with van der Waals surface area (Å²) < 4.78 is 10.6. The Bertz CT molecular complexity index is 833. The molecule has 1 amide bonds. The van der Waals surface area contributed by atoms with Gasteiger partial charge in [0.25, 0.3) is 5.91 Å². The predicted octanol–water partition coefficient (Wildman–Crippen LogP) is 3.87. The van der Waals surface area contributed by atoms with Crippen LogP contribution < -0.4 is 20.1 Å². The summed E-state index contributed by atoms with van der Waals surface area (Å²) >= 11 is 0. The lowest BCUT2D eigenvalue weighted by atomic mass is 10.1. The van der Waals surface area contributed by atoms with E-state index < -0.39 is 0 Å². The first-order valence-corrected chi connectivity index (χ1v) is 10.2. The van der Waals surface area contributed by atoms with Crippen LogP contribution >= 0.6 is 0 Å². The van der Waals surface area contributed by atoms with Gasteiger partial charge in [-0.05, 0) is 37.5 Å². The first-order chi connectivity index (χ1) is 14.1. The summed E-state index contributed by atoms with van der Waals surface area (Å²) in [5.41, 5.74) is 1.42. The van der Waals surface area contributed by atoms with E-state index >= 15 is 0 Å². The summed E-state index contributed by atoms with van der Waals surface area (Å²) in [5, 5.41) is 6.42. The molecule has 1 aromatic carbocycles. The topological polar surface area (TPSA) is 85.4 Å². The van der Waals surface area contributed by atoms with Crippen LogP contribution in [-0.4, -0.2) is 36.1 Å².